The lowest BCUT2D eigenvalue weighted by atomic mass is 10.1. The average Bonchev–Trinajstić information content (AvgIpc) is 2.97. The van der Waals surface area contributed by atoms with Crippen molar-refractivity contribution in [2.45, 2.75) is 6.92 Å². The molecule has 4 N–H and O–H groups in total. The van der Waals surface area contributed by atoms with Gasteiger partial charge >= 0.3 is 5.97 Å². The molecule has 144 valence electrons. The van der Waals surface area contributed by atoms with E-state index >= 15 is 0 Å². The molecule has 0 fully saturated rings. The van der Waals surface area contributed by atoms with Crippen LogP contribution in [0, 0.1) is 12.3 Å². The predicted octanol–water partition coefficient (Wildman–Crippen LogP) is 3.07. The van der Waals surface area contributed by atoms with E-state index in [2.05, 4.69) is 5.32 Å². The molecule has 0 unspecified atom stereocenters. The first-order valence-electron chi connectivity index (χ1n) is 7.83. The topological polar surface area (TPSA) is 135 Å². The van der Waals surface area contributed by atoms with Gasteiger partial charge in [-0.1, -0.05) is 11.6 Å². The van der Waals surface area contributed by atoms with E-state index in [0.29, 0.717) is 21.6 Å². The molecule has 8 nitrogen and oxygen atoms in total. The molecule has 0 saturated heterocycles. The van der Waals surface area contributed by atoms with Gasteiger partial charge in [-0.05, 0) is 36.8 Å². The highest BCUT2D eigenvalue weighted by molar-refractivity contribution is 7.18. The van der Waals surface area contributed by atoms with Crippen molar-refractivity contribution < 1.29 is 23.5 Å². The van der Waals surface area contributed by atoms with Gasteiger partial charge in [-0.25, -0.2) is 4.79 Å². The number of anilines is 1. The van der Waals surface area contributed by atoms with Crippen LogP contribution < -0.4 is 16.6 Å². The lowest BCUT2D eigenvalue weighted by Crippen LogP contribution is -2.21. The first-order valence-corrected chi connectivity index (χ1v) is 9.03. The summed E-state index contributed by atoms with van der Waals surface area (Å²) in [5, 5.41) is 11.6. The second-order valence-corrected chi connectivity index (χ2v) is 7.20. The number of benzene rings is 1. The summed E-state index contributed by atoms with van der Waals surface area (Å²) in [7, 11) is 1.18. The molecule has 2 heterocycles. The maximum Gasteiger partial charge on any atom is 0.341 e. The smallest absolute Gasteiger partial charge is 0.341 e. The van der Waals surface area contributed by atoms with Gasteiger partial charge < -0.3 is 20.2 Å². The van der Waals surface area contributed by atoms with Crippen LogP contribution in [0.3, 0.4) is 0 Å². The highest BCUT2D eigenvalue weighted by Crippen LogP contribution is 2.33. The van der Waals surface area contributed by atoms with Crippen LogP contribution in [0.1, 0.15) is 36.0 Å². The minimum Gasteiger partial charge on any atom is -0.465 e. The Kier molecular flexibility index (Phi) is 5.21. The number of fused-ring (bicyclic) bond motifs is 1. The number of carbonyl (C=O) groups is 3. The third-order valence-electron chi connectivity index (χ3n) is 3.96. The fourth-order valence-corrected chi connectivity index (χ4v) is 3.86. The second kappa shape index (κ2) is 7.45. The van der Waals surface area contributed by atoms with E-state index in [1.54, 1.807) is 18.2 Å². The van der Waals surface area contributed by atoms with Crippen LogP contribution in [0.15, 0.2) is 28.7 Å². The van der Waals surface area contributed by atoms with E-state index < -0.39 is 17.8 Å². The van der Waals surface area contributed by atoms with E-state index in [0.717, 1.165) is 11.3 Å². The number of hydrogen-bond donors (Lipinski definition) is 3. The number of primary amides is 1. The van der Waals surface area contributed by atoms with Gasteiger partial charge in [0.2, 0.25) is 5.55 Å². The van der Waals surface area contributed by atoms with E-state index in [4.69, 9.17) is 31.9 Å². The molecule has 10 heteroatoms. The van der Waals surface area contributed by atoms with Crippen LogP contribution in [0.4, 0.5) is 5.00 Å². The lowest BCUT2D eigenvalue weighted by molar-refractivity contribution is 0.0601. The summed E-state index contributed by atoms with van der Waals surface area (Å²) in [6.45, 7) is 1.53. The zero-order chi connectivity index (χ0) is 20.6. The zero-order valence-electron chi connectivity index (χ0n) is 14.7. The SMILES string of the molecule is COC(=O)c1c(NC(=O)c2cc3cc(Cl)ccc3oc2=N)sc(C(N)=O)c1C. The Morgan fingerprint density at radius 1 is 1.29 bits per heavy atom. The molecule has 0 aliphatic rings. The largest absolute Gasteiger partial charge is 0.465 e. The quantitative estimate of drug-likeness (QED) is 0.558. The van der Waals surface area contributed by atoms with Gasteiger partial charge in [0, 0.05) is 10.4 Å². The number of ether oxygens (including phenoxy) is 1. The summed E-state index contributed by atoms with van der Waals surface area (Å²) in [5.74, 6) is -2.15. The number of amides is 2. The standard InChI is InChI=1S/C18H14ClN3O5S/c1-7-12(18(25)26-2)17(28-13(7)14(20)23)22-16(24)10-6-8-5-9(19)3-4-11(8)27-15(10)21/h3-6,21H,1-2H3,(H2,20,23)(H,22,24). The first kappa shape index (κ1) is 19.6. The fourth-order valence-electron chi connectivity index (χ4n) is 2.63. The van der Waals surface area contributed by atoms with Crippen LogP contribution >= 0.6 is 22.9 Å². The number of nitrogens with one attached hydrogen (secondary N) is 2. The molecule has 0 aliphatic carbocycles. The van der Waals surface area contributed by atoms with Gasteiger partial charge in [-0.3, -0.25) is 15.0 Å². The molecule has 0 radical (unpaired) electrons. The molecule has 0 saturated carbocycles. The molecule has 2 amide bonds. The third kappa shape index (κ3) is 3.49. The van der Waals surface area contributed by atoms with Crippen molar-refractivity contribution in [3.8, 4) is 0 Å². The van der Waals surface area contributed by atoms with Crippen LogP contribution in [-0.2, 0) is 4.74 Å². The summed E-state index contributed by atoms with van der Waals surface area (Å²) in [6, 6.07) is 6.25. The molecule has 0 atom stereocenters. The van der Waals surface area contributed by atoms with Crippen molar-refractivity contribution in [1.82, 2.24) is 0 Å². The number of carbonyl (C=O) groups excluding carboxylic acids is 3. The van der Waals surface area contributed by atoms with E-state index in [1.165, 1.54) is 20.1 Å². The van der Waals surface area contributed by atoms with Crippen molar-refractivity contribution >= 4 is 56.7 Å². The summed E-state index contributed by atoms with van der Waals surface area (Å²) in [4.78, 5) is 36.5. The maximum absolute atomic E-state index is 12.7. The van der Waals surface area contributed by atoms with Gasteiger partial charge in [0.15, 0.2) is 0 Å². The molecule has 0 bridgehead atoms. The average molecular weight is 420 g/mol. The third-order valence-corrected chi connectivity index (χ3v) is 5.42. The molecule has 28 heavy (non-hydrogen) atoms. The number of methoxy groups -OCH3 is 1. The molecule has 3 rings (SSSR count). The summed E-state index contributed by atoms with van der Waals surface area (Å²) >= 11 is 6.81. The molecule has 1 aromatic carbocycles. The highest BCUT2D eigenvalue weighted by Gasteiger charge is 2.26. The molecule has 0 aliphatic heterocycles. The van der Waals surface area contributed by atoms with Crippen molar-refractivity contribution in [1.29, 1.82) is 5.41 Å². The number of rotatable bonds is 4. The maximum atomic E-state index is 12.7. The number of nitrogens with two attached hydrogens (primary N) is 1. The molecule has 0 spiro atoms. The number of thiophene rings is 1. The second-order valence-electron chi connectivity index (χ2n) is 5.74. The van der Waals surface area contributed by atoms with Crippen LogP contribution in [0.5, 0.6) is 0 Å². The summed E-state index contributed by atoms with van der Waals surface area (Å²) in [5.41, 5.74) is 5.62. The Balaban J connectivity index is 2.06. The highest BCUT2D eigenvalue weighted by atomic mass is 35.5. The van der Waals surface area contributed by atoms with Crippen molar-refractivity contribution in [3.05, 3.63) is 56.4 Å². The summed E-state index contributed by atoms with van der Waals surface area (Å²) < 4.78 is 10.1. The zero-order valence-corrected chi connectivity index (χ0v) is 16.3. The Labute approximate surface area is 167 Å². The number of hydrogen-bond acceptors (Lipinski definition) is 7. The Hall–Kier alpha value is -3.17. The number of esters is 1. The normalized spacial score (nSPS) is 10.7. The Bertz CT molecular complexity index is 1200. The first-order chi connectivity index (χ1) is 13.2. The molecule has 3 aromatic rings. The molecular formula is C18H14ClN3O5S. The van der Waals surface area contributed by atoms with Gasteiger partial charge in [-0.15, -0.1) is 11.3 Å². The number of halogens is 1. The van der Waals surface area contributed by atoms with Gasteiger partial charge in [-0.2, -0.15) is 0 Å². The minimum atomic E-state index is -0.732. The Morgan fingerprint density at radius 2 is 2.00 bits per heavy atom. The summed E-state index contributed by atoms with van der Waals surface area (Å²) in [6.07, 6.45) is 0. The van der Waals surface area contributed by atoms with Crippen LogP contribution in [-0.4, -0.2) is 24.9 Å². The van der Waals surface area contributed by atoms with Gasteiger partial charge in [0.25, 0.3) is 11.8 Å². The van der Waals surface area contributed by atoms with Crippen LogP contribution in [0.25, 0.3) is 11.0 Å². The predicted molar refractivity (Wildman–Crippen MR) is 104 cm³/mol. The van der Waals surface area contributed by atoms with Crippen molar-refractivity contribution in [3.63, 3.8) is 0 Å². The van der Waals surface area contributed by atoms with Crippen molar-refractivity contribution in [2.75, 3.05) is 12.4 Å². The van der Waals surface area contributed by atoms with Gasteiger partial charge in [0.05, 0.1) is 17.6 Å². The monoisotopic (exact) mass is 419 g/mol. The Morgan fingerprint density at radius 3 is 2.64 bits per heavy atom. The molecular weight excluding hydrogens is 406 g/mol. The van der Waals surface area contributed by atoms with Gasteiger partial charge in [0.1, 0.15) is 16.1 Å². The molecule has 2 aromatic heterocycles. The van der Waals surface area contributed by atoms with E-state index in [1.807, 2.05) is 0 Å². The minimum absolute atomic E-state index is 0.0296. The fraction of sp³-hybridized carbons (Fsp3) is 0.111. The van der Waals surface area contributed by atoms with E-state index in [-0.39, 0.29) is 26.6 Å². The van der Waals surface area contributed by atoms with E-state index in [9.17, 15) is 14.4 Å². The van der Waals surface area contributed by atoms with Crippen molar-refractivity contribution in [2.24, 2.45) is 5.73 Å². The van der Waals surface area contributed by atoms with Crippen LogP contribution in [0.2, 0.25) is 5.02 Å². The lowest BCUT2D eigenvalue weighted by Gasteiger charge is -2.07.